The van der Waals surface area contributed by atoms with Crippen molar-refractivity contribution in [1.29, 1.82) is 0 Å². The largest absolute Gasteiger partial charge is 0.457 e. The molecule has 0 radical (unpaired) electrons. The molecule has 25 heavy (non-hydrogen) atoms. The summed E-state index contributed by atoms with van der Waals surface area (Å²) in [5.74, 6) is 1.74. The van der Waals surface area contributed by atoms with E-state index in [9.17, 15) is 20.2 Å². The number of nitro groups is 2. The molecule has 0 aliphatic heterocycles. The molecular formula is C18H14N2O5. The van der Waals surface area contributed by atoms with Crippen LogP contribution >= 0.6 is 0 Å². The Morgan fingerprint density at radius 2 is 0.880 bits per heavy atom. The Kier molecular flexibility index (Phi) is 6.18. The molecule has 0 bridgehead atoms. The maximum Gasteiger partial charge on any atom is 0.346 e. The Labute approximate surface area is 143 Å². The van der Waals surface area contributed by atoms with Crippen LogP contribution in [0.3, 0.4) is 0 Å². The lowest BCUT2D eigenvalue weighted by molar-refractivity contribution is -0.422. The van der Waals surface area contributed by atoms with Crippen LogP contribution in [-0.4, -0.2) is 9.85 Å². The normalized spacial score (nSPS) is 9.44. The number of para-hydroxylation sites is 4. The van der Waals surface area contributed by atoms with Crippen molar-refractivity contribution in [2.24, 2.45) is 0 Å². The summed E-state index contributed by atoms with van der Waals surface area (Å²) in [6.45, 7) is 0. The average Bonchev–Trinajstić information content (AvgIpc) is 2.64. The molecule has 0 saturated carbocycles. The molecule has 3 aromatic rings. The van der Waals surface area contributed by atoms with Gasteiger partial charge in [-0.1, -0.05) is 48.5 Å². The van der Waals surface area contributed by atoms with Gasteiger partial charge in [-0.25, -0.2) is 0 Å². The first-order chi connectivity index (χ1) is 12.1. The van der Waals surface area contributed by atoms with E-state index >= 15 is 0 Å². The molecule has 3 aromatic carbocycles. The monoisotopic (exact) mass is 338 g/mol. The fraction of sp³-hybridized carbons (Fsp3) is 0. The van der Waals surface area contributed by atoms with Gasteiger partial charge in [0.15, 0.2) is 0 Å². The van der Waals surface area contributed by atoms with Crippen molar-refractivity contribution in [2.75, 3.05) is 0 Å². The Morgan fingerprint density at radius 1 is 0.560 bits per heavy atom. The van der Waals surface area contributed by atoms with Crippen LogP contribution in [0.4, 0.5) is 11.4 Å². The molecule has 126 valence electrons. The molecule has 3 rings (SSSR count). The van der Waals surface area contributed by atoms with E-state index in [4.69, 9.17) is 4.74 Å². The zero-order valence-electron chi connectivity index (χ0n) is 13.0. The molecule has 0 fully saturated rings. The van der Waals surface area contributed by atoms with Gasteiger partial charge in [0.1, 0.15) is 11.5 Å². The lowest BCUT2D eigenvalue weighted by Crippen LogP contribution is -1.95. The van der Waals surface area contributed by atoms with Crippen LogP contribution in [0.2, 0.25) is 0 Å². The molecule has 0 spiro atoms. The van der Waals surface area contributed by atoms with Crippen molar-refractivity contribution < 1.29 is 14.6 Å². The average molecular weight is 338 g/mol. The van der Waals surface area contributed by atoms with E-state index in [0.717, 1.165) is 23.6 Å². The summed E-state index contributed by atoms with van der Waals surface area (Å²) in [6.07, 6.45) is 0. The van der Waals surface area contributed by atoms with Crippen molar-refractivity contribution in [1.82, 2.24) is 0 Å². The molecule has 7 heteroatoms. The van der Waals surface area contributed by atoms with Gasteiger partial charge in [-0.3, -0.25) is 20.2 Å². The number of hydrogen-bond acceptors (Lipinski definition) is 5. The fourth-order valence-electron chi connectivity index (χ4n) is 1.89. The van der Waals surface area contributed by atoms with E-state index < -0.39 is 21.2 Å². The van der Waals surface area contributed by atoms with E-state index in [1.807, 2.05) is 60.7 Å². The summed E-state index contributed by atoms with van der Waals surface area (Å²) in [6, 6.07) is 24.5. The second-order valence-electron chi connectivity index (χ2n) is 4.73. The van der Waals surface area contributed by atoms with Crippen LogP contribution in [0.25, 0.3) is 0 Å². The number of benzene rings is 3. The fourth-order valence-corrected chi connectivity index (χ4v) is 1.89. The summed E-state index contributed by atoms with van der Waals surface area (Å²) >= 11 is 0. The lowest BCUT2D eigenvalue weighted by Gasteiger charge is -2.03. The summed E-state index contributed by atoms with van der Waals surface area (Å²) in [5.41, 5.74) is -0.968. The molecule has 7 nitrogen and oxygen atoms in total. The SMILES string of the molecule is O=[N+]([O-])c1ccccc1[N+](=O)[O-].c1ccc(Oc2ccccc2)cc1. The third kappa shape index (κ3) is 5.43. The van der Waals surface area contributed by atoms with Crippen LogP contribution in [0.15, 0.2) is 84.9 Å². The zero-order valence-corrected chi connectivity index (χ0v) is 13.0. The highest BCUT2D eigenvalue weighted by molar-refractivity contribution is 5.51. The molecule has 0 unspecified atom stereocenters. The number of ether oxygens (including phenoxy) is 1. The number of nitro benzene ring substituents is 2. The van der Waals surface area contributed by atoms with Gasteiger partial charge in [0.05, 0.1) is 9.85 Å². The van der Waals surface area contributed by atoms with Crippen molar-refractivity contribution in [3.8, 4) is 11.5 Å². The maximum absolute atomic E-state index is 10.2. The van der Waals surface area contributed by atoms with Gasteiger partial charge < -0.3 is 4.74 Å². The van der Waals surface area contributed by atoms with Crippen LogP contribution in [0.1, 0.15) is 0 Å². The third-order valence-corrected chi connectivity index (χ3v) is 3.00. The van der Waals surface area contributed by atoms with Gasteiger partial charge in [-0.2, -0.15) is 0 Å². The summed E-state index contributed by atoms with van der Waals surface area (Å²) in [7, 11) is 0. The van der Waals surface area contributed by atoms with Gasteiger partial charge in [-0.05, 0) is 24.3 Å². The first kappa shape index (κ1) is 17.6. The molecule has 0 aromatic heterocycles. The summed E-state index contributed by atoms with van der Waals surface area (Å²) in [5, 5.41) is 20.5. The highest BCUT2D eigenvalue weighted by Gasteiger charge is 2.21. The number of rotatable bonds is 4. The van der Waals surface area contributed by atoms with Crippen molar-refractivity contribution in [3.05, 3.63) is 105 Å². The third-order valence-electron chi connectivity index (χ3n) is 3.00. The van der Waals surface area contributed by atoms with E-state index in [1.54, 1.807) is 0 Å². The molecule has 0 aliphatic carbocycles. The van der Waals surface area contributed by atoms with Crippen molar-refractivity contribution in [2.45, 2.75) is 0 Å². The molecule has 0 saturated heterocycles. The van der Waals surface area contributed by atoms with Gasteiger partial charge >= 0.3 is 11.4 Å². The minimum atomic E-state index is -0.780. The van der Waals surface area contributed by atoms with Crippen LogP contribution in [-0.2, 0) is 0 Å². The smallest absolute Gasteiger partial charge is 0.346 e. The summed E-state index contributed by atoms with van der Waals surface area (Å²) < 4.78 is 5.58. The first-order valence-electron chi connectivity index (χ1n) is 7.23. The highest BCUT2D eigenvalue weighted by atomic mass is 16.6. The van der Waals surface area contributed by atoms with Gasteiger partial charge in [-0.15, -0.1) is 0 Å². The van der Waals surface area contributed by atoms with E-state index in [0.29, 0.717) is 0 Å². The van der Waals surface area contributed by atoms with Crippen LogP contribution in [0.5, 0.6) is 11.5 Å². The molecule has 0 atom stereocenters. The Morgan fingerprint density at radius 3 is 1.20 bits per heavy atom. The van der Waals surface area contributed by atoms with Crippen molar-refractivity contribution in [3.63, 3.8) is 0 Å². The Bertz CT molecular complexity index is 768. The first-order valence-corrected chi connectivity index (χ1v) is 7.23. The number of hydrogen-bond donors (Lipinski definition) is 0. The molecule has 0 amide bonds. The second kappa shape index (κ2) is 8.78. The Balaban J connectivity index is 0.000000181. The molecule has 0 aliphatic rings. The van der Waals surface area contributed by atoms with Gasteiger partial charge in [0.25, 0.3) is 0 Å². The minimum absolute atomic E-state index is 0.484. The lowest BCUT2D eigenvalue weighted by atomic mass is 10.3. The second-order valence-corrected chi connectivity index (χ2v) is 4.73. The van der Waals surface area contributed by atoms with Gasteiger partial charge in [0, 0.05) is 12.1 Å². The topological polar surface area (TPSA) is 95.5 Å². The van der Waals surface area contributed by atoms with Crippen LogP contribution in [0, 0.1) is 20.2 Å². The van der Waals surface area contributed by atoms with Gasteiger partial charge in [0.2, 0.25) is 0 Å². The predicted molar refractivity (Wildman–Crippen MR) is 92.7 cm³/mol. The highest BCUT2D eigenvalue weighted by Crippen LogP contribution is 2.24. The number of nitrogens with zero attached hydrogens (tertiary/aromatic N) is 2. The summed E-state index contributed by atoms with van der Waals surface area (Å²) in [4.78, 5) is 18.9. The van der Waals surface area contributed by atoms with Crippen LogP contribution < -0.4 is 4.74 Å². The molecule has 0 heterocycles. The predicted octanol–water partition coefficient (Wildman–Crippen LogP) is 4.98. The quantitative estimate of drug-likeness (QED) is 0.493. The standard InChI is InChI=1S/C12H10O.C6H4N2O4/c1-3-7-11(8-4-1)13-12-9-5-2-6-10-12;9-7(10)5-3-1-2-4-6(5)8(11)12/h1-10H;1-4H. The van der Waals surface area contributed by atoms with Crippen molar-refractivity contribution >= 4 is 11.4 Å². The minimum Gasteiger partial charge on any atom is -0.457 e. The van der Waals surface area contributed by atoms with E-state index in [1.165, 1.54) is 12.1 Å². The molecule has 0 N–H and O–H groups in total. The zero-order chi connectivity index (χ0) is 18.1. The maximum atomic E-state index is 10.2. The van der Waals surface area contributed by atoms with E-state index in [2.05, 4.69) is 0 Å². The van der Waals surface area contributed by atoms with E-state index in [-0.39, 0.29) is 0 Å². The molecular weight excluding hydrogens is 324 g/mol. The Hall–Kier alpha value is -3.74.